The molecule has 0 saturated heterocycles. The van der Waals surface area contributed by atoms with E-state index in [1.54, 1.807) is 0 Å². The van der Waals surface area contributed by atoms with Gasteiger partial charge in [0.05, 0.1) is 12.2 Å². The molecule has 1 aliphatic rings. The summed E-state index contributed by atoms with van der Waals surface area (Å²) in [5.74, 6) is -0.880. The van der Waals surface area contributed by atoms with Crippen molar-refractivity contribution in [2.45, 2.75) is 63.4 Å². The first-order valence-electron chi connectivity index (χ1n) is 7.58. The molecule has 0 aromatic rings. The van der Waals surface area contributed by atoms with E-state index in [-0.39, 0.29) is 18.3 Å². The van der Waals surface area contributed by atoms with Crippen LogP contribution < -0.4 is 5.73 Å². The summed E-state index contributed by atoms with van der Waals surface area (Å²) in [5.41, 5.74) is 5.32. The van der Waals surface area contributed by atoms with Gasteiger partial charge in [0.15, 0.2) is 0 Å². The number of hydrogen-bond donors (Lipinski definition) is 5. The number of unbranched alkanes of at least 4 members (excludes halogenated alkanes) is 1. The van der Waals surface area contributed by atoms with Gasteiger partial charge in [-0.15, -0.1) is 0 Å². The fourth-order valence-corrected chi connectivity index (χ4v) is 3.01. The molecule has 0 spiro atoms. The van der Waals surface area contributed by atoms with Crippen molar-refractivity contribution >= 4 is 5.97 Å². The largest absolute Gasteiger partial charge is 0.481 e. The highest BCUT2D eigenvalue weighted by molar-refractivity contribution is 5.66. The molecule has 1 saturated carbocycles. The fraction of sp³-hybridized carbons (Fsp3) is 0.800. The zero-order chi connectivity index (χ0) is 15.8. The van der Waals surface area contributed by atoms with Crippen LogP contribution in [-0.2, 0) is 4.79 Å². The van der Waals surface area contributed by atoms with Crippen molar-refractivity contribution in [1.29, 1.82) is 0 Å². The van der Waals surface area contributed by atoms with Crippen LogP contribution in [0.25, 0.3) is 0 Å². The normalized spacial score (nSPS) is 30.9. The lowest BCUT2D eigenvalue weighted by atomic mass is 9.86. The molecule has 0 unspecified atom stereocenters. The lowest BCUT2D eigenvalue weighted by Crippen LogP contribution is -2.26. The molecule has 1 aliphatic carbocycles. The molecule has 0 aromatic carbocycles. The Labute approximate surface area is 125 Å². The average molecular weight is 301 g/mol. The molecule has 1 fully saturated rings. The quantitative estimate of drug-likeness (QED) is 0.241. The van der Waals surface area contributed by atoms with E-state index in [4.69, 9.17) is 15.9 Å². The summed E-state index contributed by atoms with van der Waals surface area (Å²) < 4.78 is 0. The summed E-state index contributed by atoms with van der Waals surface area (Å²) in [6, 6.07) is 0. The third-order valence-electron chi connectivity index (χ3n) is 4.15. The number of carbonyl (C=O) groups is 1. The number of aliphatic hydroxyl groups excluding tert-OH is 3. The molecule has 0 amide bonds. The van der Waals surface area contributed by atoms with Gasteiger partial charge in [-0.3, -0.25) is 4.79 Å². The van der Waals surface area contributed by atoms with Crippen LogP contribution in [0.3, 0.4) is 0 Å². The van der Waals surface area contributed by atoms with E-state index in [1.807, 2.05) is 12.2 Å². The number of aliphatic hydroxyl groups is 3. The van der Waals surface area contributed by atoms with Gasteiger partial charge in [0.1, 0.15) is 6.23 Å². The Morgan fingerprint density at radius 1 is 1.24 bits per heavy atom. The minimum atomic E-state index is -0.887. The minimum Gasteiger partial charge on any atom is -0.481 e. The molecule has 21 heavy (non-hydrogen) atoms. The van der Waals surface area contributed by atoms with Crippen LogP contribution in [0.4, 0.5) is 0 Å². The van der Waals surface area contributed by atoms with E-state index in [0.717, 1.165) is 0 Å². The van der Waals surface area contributed by atoms with E-state index in [9.17, 15) is 15.0 Å². The van der Waals surface area contributed by atoms with Crippen LogP contribution in [0.5, 0.6) is 0 Å². The molecule has 1 rings (SSSR count). The SMILES string of the molecule is N[C@H](O)CC[C@@H]1[C@@H](C/C=C\CCCC(=O)O)[C@@H](O)C[C@H]1O. The van der Waals surface area contributed by atoms with Crippen molar-refractivity contribution in [1.82, 2.24) is 0 Å². The molecule has 0 heterocycles. The van der Waals surface area contributed by atoms with Crippen molar-refractivity contribution < 1.29 is 25.2 Å². The number of hydrogen-bond acceptors (Lipinski definition) is 5. The summed E-state index contributed by atoms with van der Waals surface area (Å²) in [6.45, 7) is 0. The number of aliphatic carboxylic acids is 1. The van der Waals surface area contributed by atoms with Gasteiger partial charge in [0, 0.05) is 6.42 Å². The Balaban J connectivity index is 2.38. The van der Waals surface area contributed by atoms with Crippen LogP contribution in [-0.4, -0.2) is 44.8 Å². The van der Waals surface area contributed by atoms with E-state index in [2.05, 4.69) is 0 Å². The maximum atomic E-state index is 10.4. The molecule has 122 valence electrons. The summed E-state index contributed by atoms with van der Waals surface area (Å²) in [6.07, 6.45) is 5.37. The molecule has 0 bridgehead atoms. The highest BCUT2D eigenvalue weighted by Crippen LogP contribution is 2.38. The second kappa shape index (κ2) is 9.15. The lowest BCUT2D eigenvalue weighted by Gasteiger charge is -2.22. The molecule has 5 atom stereocenters. The Hall–Kier alpha value is -0.950. The number of carboxylic acid groups (broad SMARTS) is 1. The monoisotopic (exact) mass is 301 g/mol. The first kappa shape index (κ1) is 18.1. The maximum absolute atomic E-state index is 10.4. The third-order valence-corrected chi connectivity index (χ3v) is 4.15. The summed E-state index contributed by atoms with van der Waals surface area (Å²) in [4.78, 5) is 10.4. The molecule has 0 radical (unpaired) electrons. The number of allylic oxidation sites excluding steroid dienone is 2. The minimum absolute atomic E-state index is 0.0329. The first-order valence-corrected chi connectivity index (χ1v) is 7.58. The second-order valence-corrected chi connectivity index (χ2v) is 5.84. The van der Waals surface area contributed by atoms with E-state index >= 15 is 0 Å². The van der Waals surface area contributed by atoms with E-state index < -0.39 is 24.4 Å². The van der Waals surface area contributed by atoms with Gasteiger partial charge >= 0.3 is 5.97 Å². The molecule has 0 aromatic heterocycles. The summed E-state index contributed by atoms with van der Waals surface area (Å²) in [7, 11) is 0. The zero-order valence-electron chi connectivity index (χ0n) is 12.3. The van der Waals surface area contributed by atoms with Gasteiger partial charge in [0.2, 0.25) is 0 Å². The predicted octanol–water partition coefficient (Wildman–Crippen LogP) is 0.603. The first-order chi connectivity index (χ1) is 9.91. The molecule has 6 N–H and O–H groups in total. The van der Waals surface area contributed by atoms with Crippen molar-refractivity contribution in [3.63, 3.8) is 0 Å². The average Bonchev–Trinajstić information content (AvgIpc) is 2.65. The highest BCUT2D eigenvalue weighted by atomic mass is 16.4. The third kappa shape index (κ3) is 6.56. The Bertz CT molecular complexity index is 345. The zero-order valence-corrected chi connectivity index (χ0v) is 12.3. The van der Waals surface area contributed by atoms with Crippen molar-refractivity contribution in [3.05, 3.63) is 12.2 Å². The van der Waals surface area contributed by atoms with Crippen molar-refractivity contribution in [2.24, 2.45) is 17.6 Å². The van der Waals surface area contributed by atoms with Crippen molar-refractivity contribution in [3.8, 4) is 0 Å². The highest BCUT2D eigenvalue weighted by Gasteiger charge is 2.40. The smallest absolute Gasteiger partial charge is 0.303 e. The number of rotatable bonds is 9. The van der Waals surface area contributed by atoms with Crippen LogP contribution in [0.1, 0.15) is 44.9 Å². The Kier molecular flexibility index (Phi) is 7.88. The number of carboxylic acids is 1. The molecule has 6 heteroatoms. The van der Waals surface area contributed by atoms with Crippen molar-refractivity contribution in [2.75, 3.05) is 0 Å². The van der Waals surface area contributed by atoms with E-state index in [1.165, 1.54) is 0 Å². The van der Waals surface area contributed by atoms with Gasteiger partial charge in [-0.25, -0.2) is 0 Å². The predicted molar refractivity (Wildman–Crippen MR) is 78.3 cm³/mol. The van der Waals surface area contributed by atoms with Crippen LogP contribution >= 0.6 is 0 Å². The van der Waals surface area contributed by atoms with Gasteiger partial charge in [-0.2, -0.15) is 0 Å². The Morgan fingerprint density at radius 3 is 2.52 bits per heavy atom. The van der Waals surface area contributed by atoms with Crippen LogP contribution in [0.2, 0.25) is 0 Å². The van der Waals surface area contributed by atoms with Gasteiger partial charge in [0.25, 0.3) is 0 Å². The standard InChI is InChI=1S/C15H27NO5/c16-14(19)8-7-11-10(12(17)9-13(11)18)5-3-1-2-4-6-15(20)21/h1,3,10-14,17-19H,2,4-9,16H2,(H,20,21)/b3-1-/t10-,11-,12+,13-,14-/m1/s1. The summed E-state index contributed by atoms with van der Waals surface area (Å²) in [5, 5.41) is 37.6. The maximum Gasteiger partial charge on any atom is 0.303 e. The van der Waals surface area contributed by atoms with Crippen LogP contribution in [0, 0.1) is 11.8 Å². The van der Waals surface area contributed by atoms with Gasteiger partial charge in [-0.1, -0.05) is 12.2 Å². The van der Waals surface area contributed by atoms with Gasteiger partial charge in [-0.05, 0) is 50.4 Å². The van der Waals surface area contributed by atoms with E-state index in [0.29, 0.717) is 38.5 Å². The molecule has 0 aliphatic heterocycles. The molecule has 6 nitrogen and oxygen atoms in total. The summed E-state index contributed by atoms with van der Waals surface area (Å²) >= 11 is 0. The fourth-order valence-electron chi connectivity index (χ4n) is 3.01. The topological polar surface area (TPSA) is 124 Å². The molecular formula is C15H27NO5. The number of nitrogens with two attached hydrogens (primary N) is 1. The second-order valence-electron chi connectivity index (χ2n) is 5.84. The van der Waals surface area contributed by atoms with Crippen LogP contribution in [0.15, 0.2) is 12.2 Å². The molecular weight excluding hydrogens is 274 g/mol. The lowest BCUT2D eigenvalue weighted by molar-refractivity contribution is -0.137. The Morgan fingerprint density at radius 2 is 1.90 bits per heavy atom. The van der Waals surface area contributed by atoms with Gasteiger partial charge < -0.3 is 26.2 Å².